The normalized spacial score (nSPS) is 50.6. The third kappa shape index (κ3) is 2.06. The predicted octanol–water partition coefficient (Wildman–Crippen LogP) is 4.62. The molecular weight excluding hydrogens is 468 g/mol. The summed E-state index contributed by atoms with van der Waals surface area (Å²) in [4.78, 5) is 40.3. The Morgan fingerprint density at radius 3 is 2.57 bits per heavy atom. The number of Topliss-reactive ketones (excluding diaryl/α,β-unsaturated/α-hetero) is 1. The summed E-state index contributed by atoms with van der Waals surface area (Å²) in [7, 11) is 1.33. The van der Waals surface area contributed by atoms with Gasteiger partial charge in [-0.25, -0.2) is 4.79 Å². The van der Waals surface area contributed by atoms with Crippen LogP contribution in [0.4, 0.5) is 0 Å². The molecule has 1 spiro atoms. The van der Waals surface area contributed by atoms with E-state index in [2.05, 4.69) is 13.5 Å². The van der Waals surface area contributed by atoms with Crippen molar-refractivity contribution in [2.75, 3.05) is 7.11 Å². The Balaban J connectivity index is 1.46. The summed E-state index contributed by atoms with van der Waals surface area (Å²) < 4.78 is 11.7. The minimum atomic E-state index is -0.993. The number of carbonyl (C=O) groups excluding carboxylic acids is 3. The minimum Gasteiger partial charge on any atom is -0.504 e. The van der Waals surface area contributed by atoms with Crippen molar-refractivity contribution in [3.8, 4) is 0 Å². The molecule has 37 heavy (non-hydrogen) atoms. The molecule has 8 aliphatic rings. The van der Waals surface area contributed by atoms with Gasteiger partial charge in [0.05, 0.1) is 24.4 Å². The van der Waals surface area contributed by atoms with Crippen LogP contribution in [0.15, 0.2) is 45.8 Å². The van der Waals surface area contributed by atoms with Crippen molar-refractivity contribution in [3.05, 3.63) is 45.8 Å². The van der Waals surface area contributed by atoms with Crippen LogP contribution in [0, 0.1) is 58.2 Å². The molecular formula is C31H34O6. The molecule has 6 heteroatoms. The summed E-state index contributed by atoms with van der Waals surface area (Å²) in [6.07, 6.45) is 3.62. The lowest BCUT2D eigenvalue weighted by Gasteiger charge is -2.62. The Bertz CT molecular complexity index is 1390. The molecule has 1 unspecified atom stereocenters. The standard InChI is InChI=1S/C31H34O6/c1-11-14-7-19(14)29(4)17(11)10-18-12(2)28(35)37-31(18)21(29)9-16-15-8-20(15)30(5)23(16)24(31)22(25(32)26(30)33)13(3)27(34)36-6/h13-15,17,19-21,24,32H,1,7-10H2,2-6H3/t13?,14-,15-,17+,19-,20-,21+,24+,29-,30+,31+/m1/s1. The highest BCUT2D eigenvalue weighted by Gasteiger charge is 2.80. The predicted molar refractivity (Wildman–Crippen MR) is 133 cm³/mol. The van der Waals surface area contributed by atoms with E-state index in [1.165, 1.54) is 18.3 Å². The molecule has 4 fully saturated rings. The molecule has 7 aliphatic carbocycles. The second-order valence-electron chi connectivity index (χ2n) is 13.6. The fraction of sp³-hybridized carbons (Fsp3) is 0.645. The largest absolute Gasteiger partial charge is 0.504 e. The van der Waals surface area contributed by atoms with Gasteiger partial charge < -0.3 is 14.6 Å². The average molecular weight is 503 g/mol. The van der Waals surface area contributed by atoms with Crippen molar-refractivity contribution in [2.24, 2.45) is 58.2 Å². The van der Waals surface area contributed by atoms with Crippen LogP contribution < -0.4 is 0 Å². The Morgan fingerprint density at radius 2 is 1.86 bits per heavy atom. The van der Waals surface area contributed by atoms with Crippen molar-refractivity contribution >= 4 is 17.7 Å². The Morgan fingerprint density at radius 1 is 1.16 bits per heavy atom. The second-order valence-corrected chi connectivity index (χ2v) is 13.6. The van der Waals surface area contributed by atoms with Gasteiger partial charge in [0, 0.05) is 17.1 Å². The zero-order valence-electron chi connectivity index (χ0n) is 22.1. The first kappa shape index (κ1) is 22.4. The van der Waals surface area contributed by atoms with Crippen LogP contribution in [0.25, 0.3) is 0 Å². The van der Waals surface area contributed by atoms with Gasteiger partial charge in [-0.15, -0.1) is 0 Å². The lowest BCUT2D eigenvalue weighted by molar-refractivity contribution is -0.173. The first-order valence-corrected chi connectivity index (χ1v) is 13.9. The van der Waals surface area contributed by atoms with Crippen LogP contribution in [0.3, 0.4) is 0 Å². The number of hydrogen-bond donors (Lipinski definition) is 1. The van der Waals surface area contributed by atoms with E-state index in [-0.39, 0.29) is 34.8 Å². The van der Waals surface area contributed by atoms with Crippen LogP contribution in [-0.2, 0) is 23.9 Å². The second kappa shape index (κ2) is 6.16. The number of hydrogen-bond acceptors (Lipinski definition) is 6. The van der Waals surface area contributed by atoms with E-state index in [1.54, 1.807) is 6.92 Å². The fourth-order valence-electron chi connectivity index (χ4n) is 10.9. The van der Waals surface area contributed by atoms with Crippen LogP contribution in [0.5, 0.6) is 0 Å². The first-order chi connectivity index (χ1) is 17.4. The zero-order chi connectivity index (χ0) is 26.1. The van der Waals surface area contributed by atoms with Gasteiger partial charge in [0.1, 0.15) is 5.60 Å². The van der Waals surface area contributed by atoms with E-state index in [1.807, 2.05) is 13.8 Å². The number of ketones is 1. The maximum atomic E-state index is 13.9. The Labute approximate surface area is 216 Å². The molecule has 1 N–H and O–H groups in total. The van der Waals surface area contributed by atoms with Gasteiger partial charge in [0.25, 0.3) is 0 Å². The first-order valence-electron chi connectivity index (χ1n) is 13.9. The zero-order valence-corrected chi connectivity index (χ0v) is 22.1. The van der Waals surface area contributed by atoms with Gasteiger partial charge in [-0.1, -0.05) is 24.6 Å². The SMILES string of the molecule is C=C1[C@H]2C[C@H]2[C@]2(C)[C@@H]3CC4=C5[C@H](C(C(C)C(=O)OC)=C(O)C(=O)[C@@]5(C)[C@@H]5C[C@H]45)[C@@]34OC(=O)C(C)=C4C[C@@H]12. The van der Waals surface area contributed by atoms with E-state index in [0.717, 1.165) is 30.4 Å². The monoisotopic (exact) mass is 502 g/mol. The summed E-state index contributed by atoms with van der Waals surface area (Å²) in [5, 5.41) is 11.6. The van der Waals surface area contributed by atoms with Gasteiger partial charge in [-0.05, 0) is 92.6 Å². The van der Waals surface area contributed by atoms with Gasteiger partial charge >= 0.3 is 11.9 Å². The maximum Gasteiger partial charge on any atom is 0.334 e. The van der Waals surface area contributed by atoms with E-state index in [0.29, 0.717) is 41.2 Å². The number of rotatable bonds is 2. The van der Waals surface area contributed by atoms with Crippen LogP contribution in [0.1, 0.15) is 53.4 Å². The molecule has 0 aromatic carbocycles. The molecule has 0 aromatic heterocycles. The quantitative estimate of drug-likeness (QED) is 0.438. The lowest BCUT2D eigenvalue weighted by atomic mass is 9.43. The lowest BCUT2D eigenvalue weighted by Crippen LogP contribution is -2.64. The van der Waals surface area contributed by atoms with Crippen LogP contribution in [0.2, 0.25) is 0 Å². The highest BCUT2D eigenvalue weighted by atomic mass is 16.6. The number of ether oxygens (including phenoxy) is 2. The Hall–Kier alpha value is -2.63. The molecule has 1 aliphatic heterocycles. The minimum absolute atomic E-state index is 0.0117. The number of methoxy groups -OCH3 is 1. The number of aliphatic hydroxyl groups excluding tert-OH is 1. The summed E-state index contributed by atoms with van der Waals surface area (Å²) in [6.45, 7) is 12.5. The average Bonchev–Trinajstić information content (AvgIpc) is 3.77. The summed E-state index contributed by atoms with van der Waals surface area (Å²) >= 11 is 0. The van der Waals surface area contributed by atoms with Gasteiger partial charge in [0.2, 0.25) is 5.78 Å². The molecule has 4 saturated carbocycles. The van der Waals surface area contributed by atoms with Crippen molar-refractivity contribution in [1.82, 2.24) is 0 Å². The highest BCUT2D eigenvalue weighted by Crippen LogP contribution is 2.82. The molecule has 0 aromatic rings. The molecule has 6 nitrogen and oxygen atoms in total. The third-order valence-corrected chi connectivity index (χ3v) is 12.8. The van der Waals surface area contributed by atoms with Gasteiger partial charge in [0.15, 0.2) is 5.76 Å². The van der Waals surface area contributed by atoms with Crippen molar-refractivity contribution in [1.29, 1.82) is 0 Å². The van der Waals surface area contributed by atoms with Crippen LogP contribution in [-0.4, -0.2) is 35.5 Å². The molecule has 0 bridgehead atoms. The van der Waals surface area contributed by atoms with Crippen molar-refractivity contribution in [2.45, 2.75) is 59.0 Å². The van der Waals surface area contributed by atoms with E-state index >= 15 is 0 Å². The van der Waals surface area contributed by atoms with Gasteiger partial charge in [-0.2, -0.15) is 0 Å². The Kier molecular flexibility index (Phi) is 3.72. The molecule has 0 radical (unpaired) electrons. The smallest absolute Gasteiger partial charge is 0.334 e. The third-order valence-electron chi connectivity index (χ3n) is 12.8. The maximum absolute atomic E-state index is 13.9. The topological polar surface area (TPSA) is 89.9 Å². The number of fused-ring (bicyclic) bond motifs is 7. The summed E-state index contributed by atoms with van der Waals surface area (Å²) in [5.41, 5.74) is 3.83. The van der Waals surface area contributed by atoms with Crippen molar-refractivity contribution < 1.29 is 29.0 Å². The van der Waals surface area contributed by atoms with E-state index in [4.69, 9.17) is 9.47 Å². The molecule has 1 heterocycles. The van der Waals surface area contributed by atoms with E-state index in [9.17, 15) is 19.5 Å². The number of carbonyl (C=O) groups is 3. The molecule has 11 atom stereocenters. The highest BCUT2D eigenvalue weighted by molar-refractivity contribution is 6.05. The van der Waals surface area contributed by atoms with E-state index < -0.39 is 28.8 Å². The summed E-state index contributed by atoms with van der Waals surface area (Å²) in [5.74, 6) is -0.906. The summed E-state index contributed by atoms with van der Waals surface area (Å²) in [6, 6.07) is 0. The van der Waals surface area contributed by atoms with Gasteiger partial charge in [-0.3, -0.25) is 9.59 Å². The molecule has 0 amide bonds. The molecule has 0 saturated heterocycles. The van der Waals surface area contributed by atoms with Crippen molar-refractivity contribution in [3.63, 3.8) is 0 Å². The molecule has 194 valence electrons. The van der Waals surface area contributed by atoms with Crippen LogP contribution >= 0.6 is 0 Å². The number of aliphatic hydroxyl groups is 1. The molecule has 8 rings (SSSR count). The number of esters is 2. The number of allylic oxidation sites excluding steroid dienone is 3. The fourth-order valence-corrected chi connectivity index (χ4v) is 10.9.